The average molecular weight is 1250 g/mol. The van der Waals surface area contributed by atoms with Crippen LogP contribution in [0.5, 0.6) is 5.75 Å². The van der Waals surface area contributed by atoms with Crippen molar-refractivity contribution in [3.8, 4) is 28.2 Å². The minimum absolute atomic E-state index is 0.0303. The van der Waals surface area contributed by atoms with Crippen LogP contribution in [-0.2, 0) is 46.4 Å². The Balaban J connectivity index is 1.13. The van der Waals surface area contributed by atoms with Gasteiger partial charge in [0.25, 0.3) is 15.6 Å². The van der Waals surface area contributed by atoms with E-state index in [1.165, 1.54) is 40.1 Å². The number of carbonyl (C=O) groups excluding carboxylic acids is 4. The number of nitrogens with zero attached hydrogens (tertiary/aromatic N) is 2. The van der Waals surface area contributed by atoms with E-state index >= 15 is 0 Å². The number of phenols is 1. The van der Waals surface area contributed by atoms with Gasteiger partial charge in [0.15, 0.2) is 10.5 Å². The number of benzene rings is 3. The van der Waals surface area contributed by atoms with Crippen LogP contribution in [0, 0.1) is 5.92 Å². The summed E-state index contributed by atoms with van der Waals surface area (Å²) in [5.41, 5.74) is -0.383. The van der Waals surface area contributed by atoms with E-state index in [0.717, 1.165) is 7.11 Å². The summed E-state index contributed by atoms with van der Waals surface area (Å²) in [6.07, 6.45) is 4.73. The topological polar surface area (TPSA) is 348 Å². The maximum Gasteiger partial charge on any atom is 0.336 e. The number of thiocarbonyl (C=S) groups is 1. The summed E-state index contributed by atoms with van der Waals surface area (Å²) < 4.78 is 50.6. The molecule has 1 aliphatic heterocycles. The molecule has 86 heavy (non-hydrogen) atoms. The Morgan fingerprint density at radius 3 is 2.02 bits per heavy atom. The van der Waals surface area contributed by atoms with Gasteiger partial charge in [0.05, 0.1) is 53.2 Å². The van der Waals surface area contributed by atoms with Gasteiger partial charge in [-0.05, 0) is 131 Å². The Morgan fingerprint density at radius 2 is 1.40 bits per heavy atom. The lowest BCUT2D eigenvalue weighted by atomic mass is 9.88. The fourth-order valence-corrected chi connectivity index (χ4v) is 11.6. The fourth-order valence-electron chi connectivity index (χ4n) is 9.71. The summed E-state index contributed by atoms with van der Waals surface area (Å²) >= 11 is 5.46. The molecule has 0 fully saturated rings. The van der Waals surface area contributed by atoms with Crippen LogP contribution in [0.4, 0.5) is 5.69 Å². The van der Waals surface area contributed by atoms with Gasteiger partial charge in [-0.2, -0.15) is 0 Å². The monoisotopic (exact) mass is 1250 g/mol. The van der Waals surface area contributed by atoms with Crippen LogP contribution in [-0.4, -0.2) is 153 Å². The second-order valence-corrected chi connectivity index (χ2v) is 24.1. The van der Waals surface area contributed by atoms with Crippen LogP contribution in [0.2, 0.25) is 12.6 Å². The number of hydrogen-bond donors (Lipinski definition) is 7. The molecule has 2 aromatic rings. The number of carboxylic acid groups (broad SMARTS) is 1. The number of fused-ring (bicyclic) bond motifs is 2. The highest BCUT2D eigenvalue weighted by Crippen LogP contribution is 2.46. The van der Waals surface area contributed by atoms with E-state index in [0.29, 0.717) is 92.1 Å². The predicted molar refractivity (Wildman–Crippen MR) is 327 cm³/mol. The van der Waals surface area contributed by atoms with Gasteiger partial charge < -0.3 is 78.7 Å². The van der Waals surface area contributed by atoms with Crippen molar-refractivity contribution in [1.29, 1.82) is 0 Å². The number of aromatic carboxylic acids is 1. The van der Waals surface area contributed by atoms with Crippen molar-refractivity contribution in [2.45, 2.75) is 135 Å². The molecule has 3 unspecified atom stereocenters. The quantitative estimate of drug-likeness (QED) is 0.00858. The van der Waals surface area contributed by atoms with Gasteiger partial charge in [0.1, 0.15) is 17.1 Å². The van der Waals surface area contributed by atoms with Crippen molar-refractivity contribution in [1.82, 2.24) is 25.8 Å². The molecular formula is C57H80B2N6O18P2S-2. The zero-order valence-electron chi connectivity index (χ0n) is 49.6. The second kappa shape index (κ2) is 35.3. The van der Waals surface area contributed by atoms with E-state index in [1.54, 1.807) is 38.1 Å². The smallest absolute Gasteiger partial charge is 0.336 e. The number of hydrogen-bond acceptors (Lipinski definition) is 18. The Labute approximate surface area is 510 Å². The number of aliphatic hydroxyl groups is 1. The van der Waals surface area contributed by atoms with Crippen molar-refractivity contribution in [3.63, 3.8) is 0 Å². The Morgan fingerprint density at radius 1 is 0.767 bits per heavy atom. The molecule has 0 aromatic heterocycles. The number of rotatable bonds is 40. The molecule has 2 aromatic carbocycles. The highest BCUT2D eigenvalue weighted by atomic mass is 32.1. The molecular weight excluding hydrogens is 1170 g/mol. The fraction of sp³-hybridized carbons (Fsp3) is 0.561. The van der Waals surface area contributed by atoms with E-state index in [-0.39, 0.29) is 118 Å². The molecule has 29 heteroatoms. The first-order valence-corrected chi connectivity index (χ1v) is 32.1. The van der Waals surface area contributed by atoms with Gasteiger partial charge in [-0.3, -0.25) is 33.1 Å². The van der Waals surface area contributed by atoms with E-state index in [4.69, 9.17) is 45.9 Å². The first-order valence-electron chi connectivity index (χ1n) is 28.8. The zero-order chi connectivity index (χ0) is 63.7. The highest BCUT2D eigenvalue weighted by Gasteiger charge is 2.35. The molecule has 4 radical (unpaired) electrons. The van der Waals surface area contributed by atoms with Crippen molar-refractivity contribution in [2.24, 2.45) is 5.92 Å². The standard InChI is InChI=1S/C57H82B2N6O18P2S/c1-6-56(7-2,63-50(70)36-65(52(72)34-59)28-24-57(8-3,9-4)83-84(75,76)79-5)23-27-64(51(71)33-58)35-49(69)60-25-13-10-11-15-29-80-85(77,78)81-38-39(37-66)16-12-14-26-61-55(86)62-40-17-20-43(46(30-40)54(73)74)53-44-21-18-41(67)31-47(44)82-48-32-42(68)19-22-45(48)53/h17-22,30-32,39,66-67H,6-16,23-29,33-38H2,1-5H3,(H,60,69)(H,63,70)(H,73,74)(H,75,76)(H,77,78)(H2,61,62,86)/p-2. The number of nitrogens with one attached hydrogen (secondary N) is 4. The summed E-state index contributed by atoms with van der Waals surface area (Å²) in [6, 6.07) is 13.4. The summed E-state index contributed by atoms with van der Waals surface area (Å²) in [7, 11) is 3.07. The molecule has 7 N–H and O–H groups in total. The predicted octanol–water partition coefficient (Wildman–Crippen LogP) is 6.19. The summed E-state index contributed by atoms with van der Waals surface area (Å²) in [5, 5.41) is 42.9. The van der Waals surface area contributed by atoms with E-state index in [2.05, 4.69) is 25.8 Å². The SMILES string of the molecule is [B]CC(=O)N(CCC(CC)(CC)NC(=O)CN(CCC(CC)(CC)OP(=O)([O-])OC)C(=O)C[B])CC(=O)NCCCCCCOP(=O)([O-])OCC(CO)CCCCNC(=S)Nc1ccc(-c2c3ccc(=O)cc-3oc3cc(O)ccc23)c(C(=O)O)c1. The molecule has 2 aliphatic rings. The maximum absolute atomic E-state index is 13.5. The first kappa shape index (κ1) is 72.8. The third-order valence-electron chi connectivity index (χ3n) is 15.1. The number of amides is 4. The molecule has 24 nitrogen and oxygen atoms in total. The maximum atomic E-state index is 13.5. The van der Waals surface area contributed by atoms with Crippen molar-refractivity contribution < 1.29 is 80.7 Å². The van der Waals surface area contributed by atoms with Gasteiger partial charge in [-0.15, -0.1) is 0 Å². The van der Waals surface area contributed by atoms with Crippen molar-refractivity contribution in [2.75, 3.05) is 71.5 Å². The lowest BCUT2D eigenvalue weighted by Gasteiger charge is -2.39. The molecule has 0 saturated carbocycles. The number of phosphoric ester groups is 2. The number of phosphoric acid groups is 2. The van der Waals surface area contributed by atoms with Gasteiger partial charge >= 0.3 is 5.97 Å². The van der Waals surface area contributed by atoms with Crippen LogP contribution in [0.1, 0.15) is 122 Å². The third kappa shape index (κ3) is 22.8. The van der Waals surface area contributed by atoms with Crippen LogP contribution < -0.4 is 36.5 Å². The number of anilines is 1. The molecule has 0 saturated heterocycles. The number of aromatic hydroxyl groups is 1. The molecule has 1 heterocycles. The first-order chi connectivity index (χ1) is 40.8. The molecule has 3 atom stereocenters. The Bertz CT molecular complexity index is 3040. The second-order valence-electron chi connectivity index (χ2n) is 20.8. The highest BCUT2D eigenvalue weighted by molar-refractivity contribution is 7.80. The lowest BCUT2D eigenvalue weighted by molar-refractivity contribution is -0.235. The van der Waals surface area contributed by atoms with Gasteiger partial charge in [0, 0.05) is 85.7 Å². The van der Waals surface area contributed by atoms with Crippen LogP contribution >= 0.6 is 27.9 Å². The number of carboxylic acids is 1. The summed E-state index contributed by atoms with van der Waals surface area (Å²) in [6.45, 7) is 6.52. The molecule has 1 aliphatic carbocycles. The van der Waals surface area contributed by atoms with Crippen molar-refractivity contribution >= 4 is 94.9 Å². The molecule has 0 spiro atoms. The summed E-state index contributed by atoms with van der Waals surface area (Å²) in [4.78, 5) is 104. The molecule has 4 amide bonds. The minimum Gasteiger partial charge on any atom is -0.756 e. The molecule has 0 bridgehead atoms. The Hall–Kier alpha value is -5.72. The van der Waals surface area contributed by atoms with Crippen LogP contribution in [0.15, 0.2) is 63.8 Å². The van der Waals surface area contributed by atoms with Crippen LogP contribution in [0.3, 0.4) is 0 Å². The zero-order valence-corrected chi connectivity index (χ0v) is 52.2. The third-order valence-corrected chi connectivity index (χ3v) is 17.4. The number of phenolic OH excluding ortho intramolecular Hbond substituents is 1. The number of unbranched alkanes of at least 4 members (excludes halogenated alkanes) is 4. The average Bonchev–Trinajstić information content (AvgIpc) is 0.857. The number of carbonyl (C=O) groups is 5. The molecule has 4 rings (SSSR count). The molecule has 470 valence electrons. The summed E-state index contributed by atoms with van der Waals surface area (Å²) in [5.74, 6) is -3.50. The minimum atomic E-state index is -4.68. The van der Waals surface area contributed by atoms with Crippen LogP contribution in [0.25, 0.3) is 33.4 Å². The van der Waals surface area contributed by atoms with E-state index in [1.807, 2.05) is 13.8 Å². The normalized spacial score (nSPS) is 13.5. The van der Waals surface area contributed by atoms with Gasteiger partial charge in [-0.25, -0.2) is 4.79 Å². The Kier molecular flexibility index (Phi) is 29.9. The number of aliphatic hydroxyl groups excluding tert-OH is 1. The van der Waals surface area contributed by atoms with E-state index in [9.17, 15) is 63.0 Å². The largest absolute Gasteiger partial charge is 0.756 e. The van der Waals surface area contributed by atoms with Gasteiger partial charge in [-0.1, -0.05) is 53.0 Å². The van der Waals surface area contributed by atoms with Crippen molar-refractivity contribution in [3.05, 3.63) is 70.4 Å². The van der Waals surface area contributed by atoms with E-state index < -0.39 is 68.6 Å². The lowest BCUT2D eigenvalue weighted by Crippen LogP contribution is -2.54. The van der Waals surface area contributed by atoms with Gasteiger partial charge in [0.2, 0.25) is 23.6 Å².